The van der Waals surface area contributed by atoms with E-state index in [4.69, 9.17) is 0 Å². The number of benzene rings is 1. The average Bonchev–Trinajstić information content (AvgIpc) is 2.61. The van der Waals surface area contributed by atoms with E-state index in [2.05, 4.69) is 10.1 Å². The van der Waals surface area contributed by atoms with Crippen LogP contribution < -0.4 is 5.32 Å². The molecule has 1 saturated carbocycles. The standard InChI is InChI=1S/C18H26N2O3/c1-13(17(21)20(2)16-7-5-4-6-8-16)19-15-11-9-14(10-12-15)18(22)23-3/h9-13,16,19H,4-8H2,1-3H3/t13-/m0/s1. The van der Waals surface area contributed by atoms with Crippen LogP contribution in [0.3, 0.4) is 0 Å². The summed E-state index contributed by atoms with van der Waals surface area (Å²) >= 11 is 0. The van der Waals surface area contributed by atoms with E-state index in [1.807, 2.05) is 18.9 Å². The smallest absolute Gasteiger partial charge is 0.337 e. The number of nitrogens with one attached hydrogen (secondary N) is 1. The lowest BCUT2D eigenvalue weighted by Crippen LogP contribution is -2.45. The molecule has 23 heavy (non-hydrogen) atoms. The highest BCUT2D eigenvalue weighted by atomic mass is 16.5. The van der Waals surface area contributed by atoms with E-state index in [1.165, 1.54) is 26.4 Å². The Morgan fingerprint density at radius 3 is 2.35 bits per heavy atom. The summed E-state index contributed by atoms with van der Waals surface area (Å²) in [5, 5.41) is 3.20. The van der Waals surface area contributed by atoms with Gasteiger partial charge in [0.1, 0.15) is 6.04 Å². The van der Waals surface area contributed by atoms with Gasteiger partial charge in [-0.05, 0) is 44.0 Å². The zero-order valence-corrected chi connectivity index (χ0v) is 14.2. The predicted molar refractivity (Wildman–Crippen MR) is 90.5 cm³/mol. The van der Waals surface area contributed by atoms with Gasteiger partial charge < -0.3 is 15.0 Å². The molecule has 1 aromatic carbocycles. The second-order valence-corrected chi connectivity index (χ2v) is 6.18. The van der Waals surface area contributed by atoms with Crippen molar-refractivity contribution >= 4 is 17.6 Å². The zero-order chi connectivity index (χ0) is 16.8. The highest BCUT2D eigenvalue weighted by molar-refractivity contribution is 5.90. The molecular formula is C18H26N2O3. The SMILES string of the molecule is COC(=O)c1ccc(N[C@@H](C)C(=O)N(C)C2CCCCC2)cc1. The first-order chi connectivity index (χ1) is 11.0. The molecule has 1 amide bonds. The molecule has 0 heterocycles. The maximum absolute atomic E-state index is 12.6. The second-order valence-electron chi connectivity index (χ2n) is 6.18. The van der Waals surface area contributed by atoms with Crippen LogP contribution in [-0.2, 0) is 9.53 Å². The first-order valence-corrected chi connectivity index (χ1v) is 8.24. The van der Waals surface area contributed by atoms with E-state index in [1.54, 1.807) is 24.3 Å². The molecule has 1 aliphatic carbocycles. The van der Waals surface area contributed by atoms with Gasteiger partial charge in [0.25, 0.3) is 0 Å². The Morgan fingerprint density at radius 2 is 1.78 bits per heavy atom. The molecule has 0 spiro atoms. The Hall–Kier alpha value is -2.04. The summed E-state index contributed by atoms with van der Waals surface area (Å²) in [6, 6.07) is 7.02. The van der Waals surface area contributed by atoms with Crippen molar-refractivity contribution in [3.05, 3.63) is 29.8 Å². The maximum Gasteiger partial charge on any atom is 0.337 e. The van der Waals surface area contributed by atoms with Crippen molar-refractivity contribution < 1.29 is 14.3 Å². The Labute approximate surface area is 138 Å². The van der Waals surface area contributed by atoms with Crippen LogP contribution in [0, 0.1) is 0 Å². The number of carbonyl (C=O) groups excluding carboxylic acids is 2. The van der Waals surface area contributed by atoms with Gasteiger partial charge in [0, 0.05) is 18.8 Å². The lowest BCUT2D eigenvalue weighted by Gasteiger charge is -2.33. The van der Waals surface area contributed by atoms with Crippen molar-refractivity contribution in [1.82, 2.24) is 4.90 Å². The summed E-state index contributed by atoms with van der Waals surface area (Å²) in [6.45, 7) is 1.87. The molecule has 2 rings (SSSR count). The Balaban J connectivity index is 1.93. The molecule has 1 aromatic rings. The number of anilines is 1. The van der Waals surface area contributed by atoms with Gasteiger partial charge in [-0.1, -0.05) is 19.3 Å². The normalized spacial score (nSPS) is 16.5. The van der Waals surface area contributed by atoms with E-state index in [0.717, 1.165) is 18.5 Å². The van der Waals surface area contributed by atoms with Crippen LogP contribution in [0.1, 0.15) is 49.4 Å². The Kier molecular flexibility index (Phi) is 6.02. The number of ether oxygens (including phenoxy) is 1. The summed E-state index contributed by atoms with van der Waals surface area (Å²) in [6.07, 6.45) is 5.89. The molecule has 1 aliphatic rings. The van der Waals surface area contributed by atoms with Gasteiger partial charge in [-0.3, -0.25) is 4.79 Å². The first-order valence-electron chi connectivity index (χ1n) is 8.24. The minimum absolute atomic E-state index is 0.106. The second kappa shape index (κ2) is 7.99. The maximum atomic E-state index is 12.6. The van der Waals surface area contributed by atoms with Crippen LogP contribution in [0.15, 0.2) is 24.3 Å². The summed E-state index contributed by atoms with van der Waals surface area (Å²) in [7, 11) is 3.26. The molecule has 0 radical (unpaired) electrons. The van der Waals surface area contributed by atoms with E-state index >= 15 is 0 Å². The topological polar surface area (TPSA) is 58.6 Å². The summed E-state index contributed by atoms with van der Waals surface area (Å²) < 4.78 is 4.67. The minimum Gasteiger partial charge on any atom is -0.465 e. The van der Waals surface area contributed by atoms with Crippen molar-refractivity contribution in [2.75, 3.05) is 19.5 Å². The zero-order valence-electron chi connectivity index (χ0n) is 14.2. The quantitative estimate of drug-likeness (QED) is 0.848. The fraction of sp³-hybridized carbons (Fsp3) is 0.556. The van der Waals surface area contributed by atoms with Crippen molar-refractivity contribution in [1.29, 1.82) is 0 Å². The fourth-order valence-corrected chi connectivity index (χ4v) is 3.09. The predicted octanol–water partition coefficient (Wildman–Crippen LogP) is 3.06. The lowest BCUT2D eigenvalue weighted by atomic mass is 9.94. The molecular weight excluding hydrogens is 292 g/mol. The third-order valence-corrected chi connectivity index (χ3v) is 4.53. The Morgan fingerprint density at radius 1 is 1.17 bits per heavy atom. The van der Waals surface area contributed by atoms with Crippen LogP contribution >= 0.6 is 0 Å². The number of hydrogen-bond donors (Lipinski definition) is 1. The van der Waals surface area contributed by atoms with Gasteiger partial charge in [0.15, 0.2) is 0 Å². The number of methoxy groups -OCH3 is 1. The minimum atomic E-state index is -0.363. The number of esters is 1. The lowest BCUT2D eigenvalue weighted by molar-refractivity contribution is -0.133. The van der Waals surface area contributed by atoms with Crippen molar-refractivity contribution in [2.45, 2.75) is 51.1 Å². The third kappa shape index (κ3) is 4.47. The third-order valence-electron chi connectivity index (χ3n) is 4.53. The van der Waals surface area contributed by atoms with Gasteiger partial charge in [0.2, 0.25) is 5.91 Å². The van der Waals surface area contributed by atoms with E-state index in [0.29, 0.717) is 11.6 Å². The number of nitrogens with zero attached hydrogens (tertiary/aromatic N) is 1. The molecule has 1 N–H and O–H groups in total. The monoisotopic (exact) mass is 318 g/mol. The van der Waals surface area contributed by atoms with Gasteiger partial charge in [-0.2, -0.15) is 0 Å². The van der Waals surface area contributed by atoms with E-state index in [-0.39, 0.29) is 17.9 Å². The van der Waals surface area contributed by atoms with E-state index < -0.39 is 0 Å². The van der Waals surface area contributed by atoms with Crippen LogP contribution in [0.4, 0.5) is 5.69 Å². The highest BCUT2D eigenvalue weighted by Crippen LogP contribution is 2.22. The van der Waals surface area contributed by atoms with Crippen molar-refractivity contribution in [3.8, 4) is 0 Å². The van der Waals surface area contributed by atoms with Gasteiger partial charge >= 0.3 is 5.97 Å². The molecule has 1 fully saturated rings. The average molecular weight is 318 g/mol. The molecule has 126 valence electrons. The molecule has 5 heteroatoms. The number of amides is 1. The van der Waals surface area contributed by atoms with Gasteiger partial charge in [-0.25, -0.2) is 4.79 Å². The molecule has 0 bridgehead atoms. The largest absolute Gasteiger partial charge is 0.465 e. The van der Waals surface area contributed by atoms with Crippen LogP contribution in [0.2, 0.25) is 0 Å². The molecule has 5 nitrogen and oxygen atoms in total. The molecule has 0 aromatic heterocycles. The highest BCUT2D eigenvalue weighted by Gasteiger charge is 2.25. The number of carbonyl (C=O) groups is 2. The van der Waals surface area contributed by atoms with Crippen molar-refractivity contribution in [2.24, 2.45) is 0 Å². The fourth-order valence-electron chi connectivity index (χ4n) is 3.09. The molecule has 0 aliphatic heterocycles. The number of hydrogen-bond acceptors (Lipinski definition) is 4. The Bertz CT molecular complexity index is 536. The number of likely N-dealkylation sites (N-methyl/N-ethyl adjacent to an activating group) is 1. The number of rotatable bonds is 5. The summed E-state index contributed by atoms with van der Waals surface area (Å²) in [4.78, 5) is 25.9. The van der Waals surface area contributed by atoms with Crippen molar-refractivity contribution in [3.63, 3.8) is 0 Å². The first kappa shape index (κ1) is 17.3. The van der Waals surface area contributed by atoms with E-state index in [9.17, 15) is 9.59 Å². The molecule has 0 unspecified atom stereocenters. The van der Waals surface area contributed by atoms with Crippen LogP contribution in [-0.4, -0.2) is 43.0 Å². The molecule has 0 saturated heterocycles. The van der Waals surface area contributed by atoms with Gasteiger partial charge in [-0.15, -0.1) is 0 Å². The summed E-state index contributed by atoms with van der Waals surface area (Å²) in [5.74, 6) is -0.258. The van der Waals surface area contributed by atoms with Crippen LogP contribution in [0.25, 0.3) is 0 Å². The van der Waals surface area contributed by atoms with Crippen LogP contribution in [0.5, 0.6) is 0 Å². The molecule has 1 atom stereocenters. The summed E-state index contributed by atoms with van der Waals surface area (Å²) in [5.41, 5.74) is 1.31. The van der Waals surface area contributed by atoms with Gasteiger partial charge in [0.05, 0.1) is 12.7 Å².